The highest BCUT2D eigenvalue weighted by molar-refractivity contribution is 6.17. The van der Waals surface area contributed by atoms with Crippen molar-refractivity contribution >= 4 is 17.3 Å². The van der Waals surface area contributed by atoms with E-state index >= 15 is 0 Å². The van der Waals surface area contributed by atoms with Gasteiger partial charge in [0, 0.05) is 11.9 Å². The minimum Gasteiger partial charge on any atom is -0.258 e. The molecule has 0 heterocycles. The van der Waals surface area contributed by atoms with Crippen LogP contribution in [0.2, 0.25) is 0 Å². The minimum atomic E-state index is -4.75. The van der Waals surface area contributed by atoms with Crippen molar-refractivity contribution in [2.75, 3.05) is 0 Å². The minimum absolute atomic E-state index is 0.124. The Morgan fingerprint density at radius 1 is 1.40 bits per heavy atom. The van der Waals surface area contributed by atoms with Gasteiger partial charge in [0.25, 0.3) is 5.69 Å². The molecule has 0 N–H and O–H groups in total. The first-order valence-corrected chi connectivity index (χ1v) is 4.30. The van der Waals surface area contributed by atoms with E-state index < -0.39 is 22.4 Å². The molecule has 0 saturated heterocycles. The summed E-state index contributed by atoms with van der Waals surface area (Å²) in [5.74, 6) is -0.124. The van der Waals surface area contributed by atoms with Gasteiger partial charge in [0.1, 0.15) is 5.56 Å². The number of nitro benzene ring substituents is 1. The van der Waals surface area contributed by atoms with E-state index in [9.17, 15) is 23.3 Å². The fourth-order valence-corrected chi connectivity index (χ4v) is 1.22. The molecule has 82 valence electrons. The summed E-state index contributed by atoms with van der Waals surface area (Å²) in [6.07, 6.45) is -4.75. The van der Waals surface area contributed by atoms with Crippen molar-refractivity contribution in [3.05, 3.63) is 39.4 Å². The predicted molar refractivity (Wildman–Crippen MR) is 47.7 cm³/mol. The van der Waals surface area contributed by atoms with Gasteiger partial charge >= 0.3 is 6.18 Å². The summed E-state index contributed by atoms with van der Waals surface area (Å²) in [5, 5.41) is 10.3. The zero-order valence-electron chi connectivity index (χ0n) is 7.21. The quantitative estimate of drug-likeness (QED) is 0.451. The van der Waals surface area contributed by atoms with Crippen LogP contribution < -0.4 is 0 Å². The molecule has 0 fully saturated rings. The van der Waals surface area contributed by atoms with Gasteiger partial charge in [-0.05, 0) is 11.6 Å². The van der Waals surface area contributed by atoms with Crippen LogP contribution in [0.5, 0.6) is 0 Å². The third-order valence-electron chi connectivity index (χ3n) is 1.72. The predicted octanol–water partition coefficient (Wildman–Crippen LogP) is 3.35. The normalized spacial score (nSPS) is 11.5. The third-order valence-corrected chi connectivity index (χ3v) is 2.03. The summed E-state index contributed by atoms with van der Waals surface area (Å²) >= 11 is 5.34. The van der Waals surface area contributed by atoms with Crippen LogP contribution in [-0.2, 0) is 12.1 Å². The van der Waals surface area contributed by atoms with Crippen molar-refractivity contribution in [2.24, 2.45) is 0 Å². The number of benzene rings is 1. The highest BCUT2D eigenvalue weighted by Crippen LogP contribution is 2.36. The zero-order valence-corrected chi connectivity index (χ0v) is 7.97. The Kier molecular flexibility index (Phi) is 3.18. The summed E-state index contributed by atoms with van der Waals surface area (Å²) in [4.78, 5) is 9.27. The topological polar surface area (TPSA) is 43.1 Å². The van der Waals surface area contributed by atoms with E-state index in [2.05, 4.69) is 0 Å². The van der Waals surface area contributed by atoms with E-state index in [1.165, 1.54) is 6.07 Å². The molecule has 1 aromatic rings. The number of nitrogens with zero attached hydrogens (tertiary/aromatic N) is 1. The summed E-state index contributed by atoms with van der Waals surface area (Å²) in [6.45, 7) is 0. The Bertz CT molecular complexity index is 392. The number of rotatable bonds is 2. The van der Waals surface area contributed by atoms with E-state index in [-0.39, 0.29) is 11.4 Å². The molecule has 1 aromatic carbocycles. The van der Waals surface area contributed by atoms with Crippen molar-refractivity contribution in [3.8, 4) is 0 Å². The number of halogens is 4. The molecule has 0 aromatic heterocycles. The van der Waals surface area contributed by atoms with Gasteiger partial charge in [-0.3, -0.25) is 10.1 Å². The highest BCUT2D eigenvalue weighted by Gasteiger charge is 2.38. The molecule has 0 aliphatic carbocycles. The van der Waals surface area contributed by atoms with E-state index in [1.54, 1.807) is 0 Å². The molecule has 0 saturated carbocycles. The monoisotopic (exact) mass is 239 g/mol. The fourth-order valence-electron chi connectivity index (χ4n) is 1.05. The molecule has 0 spiro atoms. The maximum Gasteiger partial charge on any atom is 0.423 e. The molecule has 3 nitrogen and oxygen atoms in total. The lowest BCUT2D eigenvalue weighted by Crippen LogP contribution is -2.09. The van der Waals surface area contributed by atoms with Crippen LogP contribution in [0, 0.1) is 10.1 Å². The lowest BCUT2D eigenvalue weighted by molar-refractivity contribution is -0.388. The first-order valence-electron chi connectivity index (χ1n) is 3.76. The summed E-state index contributed by atoms with van der Waals surface area (Å²) in [6, 6.07) is 2.69. The van der Waals surface area contributed by atoms with Gasteiger partial charge < -0.3 is 0 Å². The molecule has 7 heteroatoms. The van der Waals surface area contributed by atoms with Crippen LogP contribution >= 0.6 is 11.6 Å². The zero-order chi connectivity index (χ0) is 11.6. The van der Waals surface area contributed by atoms with Crippen LogP contribution in [-0.4, -0.2) is 4.92 Å². The molecule has 0 atom stereocenters. The van der Waals surface area contributed by atoms with E-state index in [1.807, 2.05) is 0 Å². The summed E-state index contributed by atoms with van der Waals surface area (Å²) in [5.41, 5.74) is -2.04. The summed E-state index contributed by atoms with van der Waals surface area (Å²) in [7, 11) is 0. The number of alkyl halides is 4. The van der Waals surface area contributed by atoms with Crippen LogP contribution in [0.1, 0.15) is 11.1 Å². The molecule has 0 amide bonds. The fraction of sp³-hybridized carbons (Fsp3) is 0.250. The van der Waals surface area contributed by atoms with Crippen LogP contribution in [0.3, 0.4) is 0 Å². The summed E-state index contributed by atoms with van der Waals surface area (Å²) < 4.78 is 37.1. The Morgan fingerprint density at radius 3 is 2.40 bits per heavy atom. The first kappa shape index (κ1) is 11.8. The molecule has 1 rings (SSSR count). The van der Waals surface area contributed by atoms with Crippen molar-refractivity contribution in [1.29, 1.82) is 0 Å². The Balaban J connectivity index is 3.36. The van der Waals surface area contributed by atoms with Crippen LogP contribution in [0.25, 0.3) is 0 Å². The van der Waals surface area contributed by atoms with Crippen LogP contribution in [0.15, 0.2) is 18.2 Å². The van der Waals surface area contributed by atoms with Gasteiger partial charge in [0.05, 0.1) is 4.92 Å². The van der Waals surface area contributed by atoms with Gasteiger partial charge in [-0.1, -0.05) is 6.07 Å². The van der Waals surface area contributed by atoms with Gasteiger partial charge in [-0.25, -0.2) is 0 Å². The van der Waals surface area contributed by atoms with E-state index in [0.29, 0.717) is 6.07 Å². The first-order chi connectivity index (χ1) is 6.86. The number of nitro groups is 1. The van der Waals surface area contributed by atoms with Gasteiger partial charge in [0.2, 0.25) is 0 Å². The Morgan fingerprint density at radius 2 is 2.00 bits per heavy atom. The Labute approximate surface area is 87.6 Å². The van der Waals surface area contributed by atoms with Gasteiger partial charge in [-0.15, -0.1) is 11.6 Å². The van der Waals surface area contributed by atoms with Crippen molar-refractivity contribution in [2.45, 2.75) is 12.1 Å². The number of hydrogen-bond acceptors (Lipinski definition) is 2. The van der Waals surface area contributed by atoms with Gasteiger partial charge in [0.15, 0.2) is 0 Å². The van der Waals surface area contributed by atoms with Crippen molar-refractivity contribution in [3.63, 3.8) is 0 Å². The lowest BCUT2D eigenvalue weighted by Gasteiger charge is -2.08. The van der Waals surface area contributed by atoms with Crippen molar-refractivity contribution in [1.82, 2.24) is 0 Å². The highest BCUT2D eigenvalue weighted by atomic mass is 35.5. The molecule has 0 radical (unpaired) electrons. The molecular weight excluding hydrogens is 235 g/mol. The second-order valence-electron chi connectivity index (χ2n) is 2.74. The third kappa shape index (κ3) is 2.59. The Hall–Kier alpha value is -1.30. The van der Waals surface area contributed by atoms with E-state index in [0.717, 1.165) is 6.07 Å². The molecular formula is C8H5ClF3NO2. The molecule has 0 unspecified atom stereocenters. The second kappa shape index (κ2) is 4.06. The molecule has 0 aliphatic heterocycles. The maximum atomic E-state index is 12.4. The standard InChI is InChI=1S/C8H5ClF3NO2/c9-4-5-1-2-7(13(14)15)6(3-5)8(10,11)12/h1-3H,4H2. The van der Waals surface area contributed by atoms with Crippen molar-refractivity contribution < 1.29 is 18.1 Å². The molecule has 0 bridgehead atoms. The second-order valence-corrected chi connectivity index (χ2v) is 3.01. The molecule has 15 heavy (non-hydrogen) atoms. The SMILES string of the molecule is O=[N+]([O-])c1ccc(CCl)cc1C(F)(F)F. The lowest BCUT2D eigenvalue weighted by atomic mass is 10.1. The van der Waals surface area contributed by atoms with E-state index in [4.69, 9.17) is 11.6 Å². The van der Waals surface area contributed by atoms with Gasteiger partial charge in [-0.2, -0.15) is 13.2 Å². The molecule has 0 aliphatic rings. The van der Waals surface area contributed by atoms with Crippen LogP contribution in [0.4, 0.5) is 18.9 Å². The largest absolute Gasteiger partial charge is 0.423 e. The maximum absolute atomic E-state index is 12.4. The smallest absolute Gasteiger partial charge is 0.258 e. The average Bonchev–Trinajstić information content (AvgIpc) is 2.15. The number of hydrogen-bond donors (Lipinski definition) is 0. The average molecular weight is 240 g/mol.